The van der Waals surface area contributed by atoms with E-state index in [1.165, 1.54) is 0 Å². The highest BCUT2D eigenvalue weighted by Gasteiger charge is 2.33. The normalized spacial score (nSPS) is 14.6. The van der Waals surface area contributed by atoms with E-state index in [0.29, 0.717) is 30.5 Å². The van der Waals surface area contributed by atoms with Crippen molar-refractivity contribution in [2.75, 3.05) is 12.3 Å². The lowest BCUT2D eigenvalue weighted by Gasteiger charge is -2.19. The Morgan fingerprint density at radius 3 is 2.94 bits per heavy atom. The van der Waals surface area contributed by atoms with Crippen LogP contribution in [0, 0.1) is 0 Å². The van der Waals surface area contributed by atoms with Crippen LogP contribution >= 0.6 is 0 Å². The lowest BCUT2D eigenvalue weighted by Crippen LogP contribution is -2.34. The maximum absolute atomic E-state index is 12.3. The fraction of sp³-hybridized carbons (Fsp3) is 0.500. The van der Waals surface area contributed by atoms with Gasteiger partial charge in [0.25, 0.3) is 5.91 Å². The van der Waals surface area contributed by atoms with Gasteiger partial charge in [0.15, 0.2) is 5.69 Å². The van der Waals surface area contributed by atoms with Gasteiger partial charge in [0.2, 0.25) is 0 Å². The maximum Gasteiger partial charge on any atom is 0.277 e. The summed E-state index contributed by atoms with van der Waals surface area (Å²) >= 11 is 0. The number of carbonyl (C=O) groups excluding carboxylic acids is 1. The second-order valence-corrected chi connectivity index (χ2v) is 4.27. The number of nitrogens with zero attached hydrogens (tertiary/aromatic N) is 3. The Morgan fingerprint density at radius 1 is 1.76 bits per heavy atom. The Hall–Kier alpha value is -1.78. The number of hydrogen-bond donors (Lipinski definition) is 1. The first-order valence-corrected chi connectivity index (χ1v) is 5.92. The van der Waals surface area contributed by atoms with E-state index >= 15 is 0 Å². The number of rotatable bonds is 5. The van der Waals surface area contributed by atoms with Gasteiger partial charge in [0, 0.05) is 25.3 Å². The van der Waals surface area contributed by atoms with Crippen molar-refractivity contribution >= 4 is 11.6 Å². The molecular formula is C12H18N4O. The topological polar surface area (TPSA) is 64.2 Å². The Labute approximate surface area is 101 Å². The van der Waals surface area contributed by atoms with Gasteiger partial charge in [0.05, 0.1) is 5.69 Å². The summed E-state index contributed by atoms with van der Waals surface area (Å²) in [6.45, 7) is 6.91. The van der Waals surface area contributed by atoms with Gasteiger partial charge in [-0.3, -0.25) is 9.48 Å². The summed E-state index contributed by atoms with van der Waals surface area (Å²) in [5.74, 6) is -0.0860. The minimum atomic E-state index is -0.0860. The number of nitrogens with two attached hydrogens (primary N) is 1. The summed E-state index contributed by atoms with van der Waals surface area (Å²) < 4.78 is 1.68. The fourth-order valence-corrected chi connectivity index (χ4v) is 1.82. The minimum absolute atomic E-state index is 0.0860. The average Bonchev–Trinajstić information content (AvgIpc) is 3.08. The van der Waals surface area contributed by atoms with Crippen LogP contribution in [0.5, 0.6) is 0 Å². The Balaban J connectivity index is 2.21. The van der Waals surface area contributed by atoms with Gasteiger partial charge in [-0.1, -0.05) is 6.08 Å². The van der Waals surface area contributed by atoms with Crippen LogP contribution in [-0.2, 0) is 6.54 Å². The van der Waals surface area contributed by atoms with Gasteiger partial charge in [-0.15, -0.1) is 6.58 Å². The number of aromatic nitrogens is 2. The van der Waals surface area contributed by atoms with Crippen molar-refractivity contribution in [2.45, 2.75) is 32.4 Å². The van der Waals surface area contributed by atoms with Gasteiger partial charge < -0.3 is 10.6 Å². The van der Waals surface area contributed by atoms with E-state index in [2.05, 4.69) is 11.7 Å². The smallest absolute Gasteiger partial charge is 0.277 e. The van der Waals surface area contributed by atoms with Crippen molar-refractivity contribution < 1.29 is 4.79 Å². The molecule has 92 valence electrons. The summed E-state index contributed by atoms with van der Waals surface area (Å²) in [7, 11) is 0. The van der Waals surface area contributed by atoms with Crippen LogP contribution in [0.1, 0.15) is 30.3 Å². The monoisotopic (exact) mass is 234 g/mol. The van der Waals surface area contributed by atoms with E-state index in [1.54, 1.807) is 21.9 Å². The Bertz CT molecular complexity index is 434. The van der Waals surface area contributed by atoms with Crippen LogP contribution in [0.3, 0.4) is 0 Å². The zero-order valence-electron chi connectivity index (χ0n) is 10.1. The molecule has 0 saturated heterocycles. The first-order valence-electron chi connectivity index (χ1n) is 5.92. The Morgan fingerprint density at radius 2 is 2.47 bits per heavy atom. The van der Waals surface area contributed by atoms with Crippen molar-refractivity contribution in [3.63, 3.8) is 0 Å². The molecule has 0 spiro atoms. The highest BCUT2D eigenvalue weighted by Crippen LogP contribution is 2.28. The molecule has 0 aromatic carbocycles. The molecule has 0 aliphatic heterocycles. The molecule has 5 heteroatoms. The van der Waals surface area contributed by atoms with E-state index in [4.69, 9.17) is 5.73 Å². The third-order valence-corrected chi connectivity index (χ3v) is 2.89. The number of aryl methyl sites for hydroxylation is 1. The molecule has 1 heterocycles. The zero-order valence-corrected chi connectivity index (χ0v) is 10.1. The molecular weight excluding hydrogens is 216 g/mol. The standard InChI is InChI=1S/C12H18N4O/c1-3-7-16(9-5-6-9)12(17)11-10(13)8-15(4-2)14-11/h3,8-9H,1,4-7,13H2,2H3. The second kappa shape index (κ2) is 4.61. The lowest BCUT2D eigenvalue weighted by molar-refractivity contribution is 0.0757. The molecule has 1 aromatic rings. The molecule has 1 saturated carbocycles. The van der Waals surface area contributed by atoms with Gasteiger partial charge in [-0.2, -0.15) is 5.10 Å². The molecule has 1 amide bonds. The molecule has 17 heavy (non-hydrogen) atoms. The molecule has 0 unspecified atom stereocenters. The van der Waals surface area contributed by atoms with Gasteiger partial charge in [-0.05, 0) is 19.8 Å². The van der Waals surface area contributed by atoms with E-state index in [-0.39, 0.29) is 5.91 Å². The summed E-state index contributed by atoms with van der Waals surface area (Å²) in [5.41, 5.74) is 6.63. The van der Waals surface area contributed by atoms with Crippen LogP contribution in [0.15, 0.2) is 18.9 Å². The first-order chi connectivity index (χ1) is 8.17. The summed E-state index contributed by atoms with van der Waals surface area (Å²) in [6, 6.07) is 0.340. The quantitative estimate of drug-likeness (QED) is 0.780. The molecule has 1 aliphatic rings. The summed E-state index contributed by atoms with van der Waals surface area (Å²) in [6.07, 6.45) is 5.57. The number of carbonyl (C=O) groups is 1. The van der Waals surface area contributed by atoms with Gasteiger partial charge in [0.1, 0.15) is 0 Å². The molecule has 1 fully saturated rings. The van der Waals surface area contributed by atoms with Crippen LogP contribution < -0.4 is 5.73 Å². The van der Waals surface area contributed by atoms with E-state index in [1.807, 2.05) is 6.92 Å². The molecule has 2 N–H and O–H groups in total. The van der Waals surface area contributed by atoms with E-state index in [9.17, 15) is 4.79 Å². The maximum atomic E-state index is 12.3. The number of anilines is 1. The van der Waals surface area contributed by atoms with Crippen LogP contribution in [-0.4, -0.2) is 33.2 Å². The molecule has 2 rings (SSSR count). The van der Waals surface area contributed by atoms with Crippen molar-refractivity contribution in [1.29, 1.82) is 0 Å². The van der Waals surface area contributed by atoms with E-state index in [0.717, 1.165) is 12.8 Å². The lowest BCUT2D eigenvalue weighted by atomic mass is 10.3. The molecule has 0 atom stereocenters. The van der Waals surface area contributed by atoms with Crippen molar-refractivity contribution in [3.8, 4) is 0 Å². The largest absolute Gasteiger partial charge is 0.396 e. The first kappa shape index (κ1) is 11.7. The van der Waals surface area contributed by atoms with Crippen LogP contribution in [0.4, 0.5) is 5.69 Å². The van der Waals surface area contributed by atoms with Gasteiger partial charge in [-0.25, -0.2) is 0 Å². The van der Waals surface area contributed by atoms with Crippen LogP contribution in [0.2, 0.25) is 0 Å². The second-order valence-electron chi connectivity index (χ2n) is 4.27. The van der Waals surface area contributed by atoms with Crippen molar-refractivity contribution in [3.05, 3.63) is 24.5 Å². The fourth-order valence-electron chi connectivity index (χ4n) is 1.82. The molecule has 0 bridgehead atoms. The average molecular weight is 234 g/mol. The van der Waals surface area contributed by atoms with Gasteiger partial charge >= 0.3 is 0 Å². The zero-order chi connectivity index (χ0) is 12.4. The molecule has 1 aliphatic carbocycles. The third-order valence-electron chi connectivity index (χ3n) is 2.89. The Kier molecular flexibility index (Phi) is 3.17. The summed E-state index contributed by atoms with van der Waals surface area (Å²) in [4.78, 5) is 14.1. The number of hydrogen-bond acceptors (Lipinski definition) is 3. The highest BCUT2D eigenvalue weighted by atomic mass is 16.2. The SMILES string of the molecule is C=CCN(C(=O)c1nn(CC)cc1N)C1CC1. The van der Waals surface area contributed by atoms with Crippen LogP contribution in [0.25, 0.3) is 0 Å². The molecule has 5 nitrogen and oxygen atoms in total. The third kappa shape index (κ3) is 2.33. The van der Waals surface area contributed by atoms with E-state index < -0.39 is 0 Å². The van der Waals surface area contributed by atoms with Crippen molar-refractivity contribution in [2.24, 2.45) is 0 Å². The minimum Gasteiger partial charge on any atom is -0.396 e. The predicted molar refractivity (Wildman–Crippen MR) is 66.6 cm³/mol. The number of amides is 1. The molecule has 0 radical (unpaired) electrons. The van der Waals surface area contributed by atoms with Crippen molar-refractivity contribution in [1.82, 2.24) is 14.7 Å². The predicted octanol–water partition coefficient (Wildman–Crippen LogP) is 1.28. The molecule has 1 aromatic heterocycles. The number of nitrogen functional groups attached to an aromatic ring is 1. The summed E-state index contributed by atoms with van der Waals surface area (Å²) in [5, 5.41) is 4.21. The highest BCUT2D eigenvalue weighted by molar-refractivity contribution is 5.97.